The van der Waals surface area contributed by atoms with E-state index >= 15 is 0 Å². The molecule has 0 saturated heterocycles. The number of carbonyl (C=O) groups is 1. The van der Waals surface area contributed by atoms with Crippen LogP contribution in [0.1, 0.15) is 24.2 Å². The summed E-state index contributed by atoms with van der Waals surface area (Å²) in [5, 5.41) is 5.22. The number of rotatable bonds is 5. The van der Waals surface area contributed by atoms with Gasteiger partial charge >= 0.3 is 0 Å². The molecule has 1 heterocycles. The topological polar surface area (TPSA) is 77.2 Å². The molecule has 1 aromatic carbocycles. The molecule has 0 saturated carbocycles. The molecule has 2 aromatic rings. The molecule has 0 bridgehead atoms. The minimum atomic E-state index is -0.0707. The highest BCUT2D eigenvalue weighted by Crippen LogP contribution is 2.17. The minimum Gasteiger partial charge on any atom is -0.497 e. The molecule has 5 nitrogen and oxygen atoms in total. The highest BCUT2D eigenvalue weighted by atomic mass is 32.1. The van der Waals surface area contributed by atoms with Gasteiger partial charge < -0.3 is 15.8 Å². The number of ether oxygens (including phenoxy) is 1. The van der Waals surface area contributed by atoms with E-state index in [9.17, 15) is 4.79 Å². The molecule has 1 aromatic heterocycles. The van der Waals surface area contributed by atoms with E-state index in [-0.39, 0.29) is 18.4 Å². The molecule has 0 fully saturated rings. The monoisotopic (exact) mass is 291 g/mol. The van der Waals surface area contributed by atoms with Gasteiger partial charge in [-0.2, -0.15) is 0 Å². The van der Waals surface area contributed by atoms with Crippen molar-refractivity contribution in [1.29, 1.82) is 0 Å². The van der Waals surface area contributed by atoms with Crippen LogP contribution in [0.25, 0.3) is 0 Å². The van der Waals surface area contributed by atoms with Crippen molar-refractivity contribution in [3.63, 3.8) is 0 Å². The molecular weight excluding hydrogens is 274 g/mol. The quantitative estimate of drug-likeness (QED) is 0.885. The average molecular weight is 291 g/mol. The number of anilines is 1. The zero-order valence-electron chi connectivity index (χ0n) is 11.4. The van der Waals surface area contributed by atoms with Crippen molar-refractivity contribution in [2.75, 3.05) is 12.8 Å². The van der Waals surface area contributed by atoms with Crippen molar-refractivity contribution in [2.24, 2.45) is 0 Å². The second-order valence-corrected chi connectivity index (χ2v) is 5.31. The molecule has 6 heteroatoms. The van der Waals surface area contributed by atoms with Crippen LogP contribution in [-0.4, -0.2) is 18.0 Å². The summed E-state index contributed by atoms with van der Waals surface area (Å²) in [7, 11) is 1.62. The third kappa shape index (κ3) is 3.71. The van der Waals surface area contributed by atoms with Crippen LogP contribution < -0.4 is 15.8 Å². The van der Waals surface area contributed by atoms with E-state index < -0.39 is 0 Å². The Hall–Kier alpha value is -2.08. The van der Waals surface area contributed by atoms with Gasteiger partial charge in [0.2, 0.25) is 5.91 Å². The van der Waals surface area contributed by atoms with Gasteiger partial charge in [0.15, 0.2) is 5.13 Å². The number of nitrogens with zero attached hydrogens (tertiary/aromatic N) is 1. The summed E-state index contributed by atoms with van der Waals surface area (Å²) in [4.78, 5) is 16.0. The molecule has 3 N–H and O–H groups in total. The summed E-state index contributed by atoms with van der Waals surface area (Å²) in [5.41, 5.74) is 7.26. The first-order chi connectivity index (χ1) is 9.58. The molecule has 0 aliphatic carbocycles. The highest BCUT2D eigenvalue weighted by Gasteiger charge is 2.11. The molecule has 20 heavy (non-hydrogen) atoms. The molecule has 1 amide bonds. The van der Waals surface area contributed by atoms with E-state index in [4.69, 9.17) is 10.5 Å². The maximum atomic E-state index is 11.9. The molecule has 0 radical (unpaired) electrons. The van der Waals surface area contributed by atoms with Crippen molar-refractivity contribution >= 4 is 22.4 Å². The summed E-state index contributed by atoms with van der Waals surface area (Å²) in [5.74, 6) is 0.726. The lowest BCUT2D eigenvalue weighted by Crippen LogP contribution is -2.28. The predicted molar refractivity (Wildman–Crippen MR) is 79.8 cm³/mol. The van der Waals surface area contributed by atoms with Crippen molar-refractivity contribution in [3.8, 4) is 5.75 Å². The van der Waals surface area contributed by atoms with Gasteiger partial charge in [-0.3, -0.25) is 4.79 Å². The Balaban J connectivity index is 1.92. The van der Waals surface area contributed by atoms with Gasteiger partial charge in [0.05, 0.1) is 25.3 Å². The Morgan fingerprint density at radius 1 is 1.45 bits per heavy atom. The van der Waals surface area contributed by atoms with Crippen LogP contribution in [0.4, 0.5) is 5.13 Å². The molecule has 0 spiro atoms. The fourth-order valence-electron chi connectivity index (χ4n) is 1.84. The Morgan fingerprint density at radius 2 is 2.15 bits per heavy atom. The predicted octanol–water partition coefficient (Wildman–Crippen LogP) is 2.15. The van der Waals surface area contributed by atoms with Gasteiger partial charge in [0.25, 0.3) is 0 Å². The van der Waals surface area contributed by atoms with Crippen LogP contribution in [0.3, 0.4) is 0 Å². The summed E-state index contributed by atoms with van der Waals surface area (Å²) in [6, 6.07) is 7.55. The molecule has 0 aliphatic rings. The van der Waals surface area contributed by atoms with Crippen LogP contribution >= 0.6 is 11.3 Å². The number of amides is 1. The Kier molecular flexibility index (Phi) is 4.57. The zero-order chi connectivity index (χ0) is 14.5. The van der Waals surface area contributed by atoms with Gasteiger partial charge in [-0.05, 0) is 24.6 Å². The van der Waals surface area contributed by atoms with E-state index in [0.717, 1.165) is 11.3 Å². The van der Waals surface area contributed by atoms with Crippen molar-refractivity contribution in [2.45, 2.75) is 19.4 Å². The smallest absolute Gasteiger partial charge is 0.226 e. The van der Waals surface area contributed by atoms with Gasteiger partial charge in [0, 0.05) is 5.38 Å². The number of thiazole rings is 1. The van der Waals surface area contributed by atoms with E-state index in [1.165, 1.54) is 11.3 Å². The van der Waals surface area contributed by atoms with Gasteiger partial charge in [-0.1, -0.05) is 12.1 Å². The number of nitrogen functional groups attached to an aromatic ring is 1. The second-order valence-electron chi connectivity index (χ2n) is 4.42. The SMILES string of the molecule is COc1ccc([C@H](C)NC(=O)Cc2csc(N)n2)cc1. The lowest BCUT2D eigenvalue weighted by Gasteiger charge is -2.14. The molecule has 106 valence electrons. The first-order valence-corrected chi connectivity index (χ1v) is 7.09. The summed E-state index contributed by atoms with van der Waals surface area (Å²) >= 11 is 1.34. The Morgan fingerprint density at radius 3 is 2.70 bits per heavy atom. The fourth-order valence-corrected chi connectivity index (χ4v) is 2.40. The van der Waals surface area contributed by atoms with Crippen molar-refractivity contribution in [1.82, 2.24) is 10.3 Å². The standard InChI is InChI=1S/C14H17N3O2S/c1-9(10-3-5-12(19-2)6-4-10)16-13(18)7-11-8-20-14(15)17-11/h3-6,8-9H,7H2,1-2H3,(H2,15,17)(H,16,18)/t9-/m0/s1. The molecule has 1 atom stereocenters. The lowest BCUT2D eigenvalue weighted by molar-refractivity contribution is -0.121. The number of hydrogen-bond acceptors (Lipinski definition) is 5. The van der Waals surface area contributed by atoms with E-state index in [0.29, 0.717) is 10.8 Å². The van der Waals surface area contributed by atoms with Crippen molar-refractivity contribution in [3.05, 3.63) is 40.9 Å². The Labute approximate surface area is 121 Å². The van der Waals surface area contributed by atoms with Gasteiger partial charge in [0.1, 0.15) is 5.75 Å². The van der Waals surface area contributed by atoms with E-state index in [1.807, 2.05) is 31.2 Å². The zero-order valence-corrected chi connectivity index (χ0v) is 12.2. The number of benzene rings is 1. The van der Waals surface area contributed by atoms with Crippen LogP contribution in [-0.2, 0) is 11.2 Å². The van der Waals surface area contributed by atoms with Crippen LogP contribution in [0.15, 0.2) is 29.6 Å². The number of methoxy groups -OCH3 is 1. The van der Waals surface area contributed by atoms with E-state index in [2.05, 4.69) is 10.3 Å². The maximum absolute atomic E-state index is 11.9. The number of hydrogen-bond donors (Lipinski definition) is 2. The van der Waals surface area contributed by atoms with Crippen LogP contribution in [0.5, 0.6) is 5.75 Å². The second kappa shape index (κ2) is 6.38. The number of nitrogens with one attached hydrogen (secondary N) is 1. The number of aromatic nitrogens is 1. The molecule has 0 unspecified atom stereocenters. The summed E-state index contributed by atoms with van der Waals surface area (Å²) in [6.07, 6.45) is 0.244. The number of carbonyl (C=O) groups excluding carboxylic acids is 1. The van der Waals surface area contributed by atoms with Crippen molar-refractivity contribution < 1.29 is 9.53 Å². The molecular formula is C14H17N3O2S. The lowest BCUT2D eigenvalue weighted by atomic mass is 10.1. The highest BCUT2D eigenvalue weighted by molar-refractivity contribution is 7.13. The summed E-state index contributed by atoms with van der Waals surface area (Å²) in [6.45, 7) is 1.94. The van der Waals surface area contributed by atoms with Crippen LogP contribution in [0, 0.1) is 0 Å². The number of nitrogens with two attached hydrogens (primary N) is 1. The van der Waals surface area contributed by atoms with Crippen LogP contribution in [0.2, 0.25) is 0 Å². The van der Waals surface area contributed by atoms with Gasteiger partial charge in [-0.15, -0.1) is 11.3 Å². The molecule has 0 aliphatic heterocycles. The summed E-state index contributed by atoms with van der Waals surface area (Å²) < 4.78 is 5.11. The normalized spacial score (nSPS) is 11.9. The third-order valence-electron chi connectivity index (χ3n) is 2.90. The minimum absolute atomic E-state index is 0.0654. The average Bonchev–Trinajstić information content (AvgIpc) is 2.84. The Bertz CT molecular complexity index is 580. The van der Waals surface area contributed by atoms with E-state index in [1.54, 1.807) is 12.5 Å². The molecule has 2 rings (SSSR count). The van der Waals surface area contributed by atoms with Gasteiger partial charge in [-0.25, -0.2) is 4.98 Å². The first-order valence-electron chi connectivity index (χ1n) is 6.21. The maximum Gasteiger partial charge on any atom is 0.226 e. The first kappa shape index (κ1) is 14.3. The fraction of sp³-hybridized carbons (Fsp3) is 0.286. The largest absolute Gasteiger partial charge is 0.497 e. The third-order valence-corrected chi connectivity index (χ3v) is 3.63.